The Morgan fingerprint density at radius 3 is 2.52 bits per heavy atom. The number of benzene rings is 2. The van der Waals surface area contributed by atoms with E-state index < -0.39 is 11.9 Å². The molecule has 2 aromatic rings. The van der Waals surface area contributed by atoms with Gasteiger partial charge in [0.1, 0.15) is 28.9 Å². The number of allylic oxidation sites excluding steroid dienone is 2. The third-order valence-electron chi connectivity index (χ3n) is 4.48. The van der Waals surface area contributed by atoms with Gasteiger partial charge in [-0.3, -0.25) is 0 Å². The Labute approximate surface area is 169 Å². The first-order valence-corrected chi connectivity index (χ1v) is 9.39. The highest BCUT2D eigenvalue weighted by molar-refractivity contribution is 5.92. The summed E-state index contributed by atoms with van der Waals surface area (Å²) in [5.41, 5.74) is 7.15. The predicted molar refractivity (Wildman–Crippen MR) is 108 cm³/mol. The number of nitriles is 1. The number of hydrogen-bond acceptors (Lipinski definition) is 6. The van der Waals surface area contributed by atoms with Crippen molar-refractivity contribution in [3.63, 3.8) is 0 Å². The number of ether oxygens (including phenoxy) is 3. The van der Waals surface area contributed by atoms with Crippen LogP contribution in [0.1, 0.15) is 31.7 Å². The number of rotatable bonds is 6. The van der Waals surface area contributed by atoms with Crippen LogP contribution >= 0.6 is 0 Å². The van der Waals surface area contributed by atoms with Gasteiger partial charge in [0.2, 0.25) is 5.88 Å². The quantitative estimate of drug-likeness (QED) is 0.729. The van der Waals surface area contributed by atoms with Crippen molar-refractivity contribution in [2.24, 2.45) is 5.73 Å². The molecule has 0 radical (unpaired) electrons. The molecule has 0 amide bonds. The molecule has 6 nitrogen and oxygen atoms in total. The normalized spacial score (nSPS) is 16.1. The zero-order chi connectivity index (χ0) is 20.8. The van der Waals surface area contributed by atoms with E-state index >= 15 is 0 Å². The zero-order valence-electron chi connectivity index (χ0n) is 16.3. The Kier molecular flexibility index (Phi) is 6.20. The minimum absolute atomic E-state index is 0.00298. The Balaban J connectivity index is 2.07. The van der Waals surface area contributed by atoms with E-state index in [1.807, 2.05) is 55.5 Å². The summed E-state index contributed by atoms with van der Waals surface area (Å²) in [7, 11) is 0. The van der Waals surface area contributed by atoms with E-state index in [2.05, 4.69) is 6.07 Å². The van der Waals surface area contributed by atoms with Crippen molar-refractivity contribution in [2.75, 3.05) is 6.61 Å². The standard InChI is InChI=1S/C23H22N2O4/c1-3-19-21(23(26)27-4-2)20(18(14-24)22(25)29-19)15-9-8-12-17(13-15)28-16-10-6-5-7-11-16/h5-13,20H,3-4,25H2,1-2H3/t20-/m0/s1. The highest BCUT2D eigenvalue weighted by Crippen LogP contribution is 2.41. The summed E-state index contributed by atoms with van der Waals surface area (Å²) < 4.78 is 16.7. The van der Waals surface area contributed by atoms with Crippen LogP contribution in [0.5, 0.6) is 11.5 Å². The monoisotopic (exact) mass is 390 g/mol. The van der Waals surface area contributed by atoms with Gasteiger partial charge in [0, 0.05) is 6.42 Å². The first kappa shape index (κ1) is 20.0. The maximum Gasteiger partial charge on any atom is 0.338 e. The van der Waals surface area contributed by atoms with Gasteiger partial charge >= 0.3 is 5.97 Å². The Morgan fingerprint density at radius 1 is 1.14 bits per heavy atom. The summed E-state index contributed by atoms with van der Waals surface area (Å²) in [6.07, 6.45) is 0.435. The number of carbonyl (C=O) groups excluding carboxylic acids is 1. The van der Waals surface area contributed by atoms with Crippen LogP contribution < -0.4 is 10.5 Å². The lowest BCUT2D eigenvalue weighted by Gasteiger charge is -2.28. The highest BCUT2D eigenvalue weighted by Gasteiger charge is 2.37. The maximum absolute atomic E-state index is 12.7. The number of nitrogens with zero attached hydrogens (tertiary/aromatic N) is 1. The fourth-order valence-electron chi connectivity index (χ4n) is 3.23. The summed E-state index contributed by atoms with van der Waals surface area (Å²) in [5.74, 6) is 0.446. The molecule has 148 valence electrons. The van der Waals surface area contributed by atoms with Gasteiger partial charge in [-0.25, -0.2) is 4.79 Å². The molecule has 1 heterocycles. The predicted octanol–water partition coefficient (Wildman–Crippen LogP) is 4.51. The second-order valence-electron chi connectivity index (χ2n) is 6.32. The molecule has 0 aliphatic carbocycles. The van der Waals surface area contributed by atoms with Crippen LogP contribution in [0.3, 0.4) is 0 Å². The molecular weight excluding hydrogens is 368 g/mol. The van der Waals surface area contributed by atoms with E-state index in [4.69, 9.17) is 19.9 Å². The first-order valence-electron chi connectivity index (χ1n) is 9.39. The number of esters is 1. The van der Waals surface area contributed by atoms with Crippen molar-refractivity contribution in [2.45, 2.75) is 26.2 Å². The van der Waals surface area contributed by atoms with Crippen LogP contribution in [0.4, 0.5) is 0 Å². The van der Waals surface area contributed by atoms with E-state index in [1.165, 1.54) is 0 Å². The van der Waals surface area contributed by atoms with Crippen molar-refractivity contribution in [1.82, 2.24) is 0 Å². The van der Waals surface area contributed by atoms with Crippen LogP contribution in [-0.4, -0.2) is 12.6 Å². The average Bonchev–Trinajstić information content (AvgIpc) is 2.74. The van der Waals surface area contributed by atoms with Crippen molar-refractivity contribution in [1.29, 1.82) is 5.26 Å². The molecule has 29 heavy (non-hydrogen) atoms. The van der Waals surface area contributed by atoms with Crippen LogP contribution in [0.25, 0.3) is 0 Å². The number of hydrogen-bond donors (Lipinski definition) is 1. The third kappa shape index (κ3) is 4.25. The fourth-order valence-corrected chi connectivity index (χ4v) is 3.23. The van der Waals surface area contributed by atoms with Gasteiger partial charge in [-0.2, -0.15) is 5.26 Å². The summed E-state index contributed by atoms with van der Waals surface area (Å²) in [6.45, 7) is 3.79. The van der Waals surface area contributed by atoms with Crippen LogP contribution in [-0.2, 0) is 14.3 Å². The number of para-hydroxylation sites is 1. The lowest BCUT2D eigenvalue weighted by molar-refractivity contribution is -0.139. The number of nitrogens with two attached hydrogens (primary N) is 1. The Bertz CT molecular complexity index is 1000. The molecule has 1 aliphatic heterocycles. The maximum atomic E-state index is 12.7. The minimum Gasteiger partial charge on any atom is -0.463 e. The third-order valence-corrected chi connectivity index (χ3v) is 4.48. The largest absolute Gasteiger partial charge is 0.463 e. The SMILES string of the molecule is CCOC(=O)C1=C(CC)OC(N)=C(C#N)[C@@H]1c1cccc(Oc2ccccc2)c1. The molecule has 0 spiro atoms. The van der Waals surface area contributed by atoms with E-state index in [-0.39, 0.29) is 23.6 Å². The second-order valence-corrected chi connectivity index (χ2v) is 6.32. The van der Waals surface area contributed by atoms with Gasteiger partial charge < -0.3 is 19.9 Å². The first-order chi connectivity index (χ1) is 14.1. The van der Waals surface area contributed by atoms with Gasteiger partial charge in [-0.05, 0) is 36.8 Å². The van der Waals surface area contributed by atoms with Gasteiger partial charge in [0.15, 0.2) is 0 Å². The van der Waals surface area contributed by atoms with Crippen molar-refractivity contribution < 1.29 is 19.0 Å². The minimum atomic E-state index is -0.693. The van der Waals surface area contributed by atoms with Crippen molar-refractivity contribution in [3.05, 3.63) is 82.9 Å². The van der Waals surface area contributed by atoms with Crippen molar-refractivity contribution in [3.8, 4) is 17.6 Å². The Hall–Kier alpha value is -3.72. The fraction of sp³-hybridized carbons (Fsp3) is 0.217. The van der Waals surface area contributed by atoms with E-state index in [0.29, 0.717) is 29.2 Å². The molecule has 1 aliphatic rings. The van der Waals surface area contributed by atoms with Crippen molar-refractivity contribution >= 4 is 5.97 Å². The molecule has 0 unspecified atom stereocenters. The molecular formula is C23H22N2O4. The topological polar surface area (TPSA) is 94.6 Å². The lowest BCUT2D eigenvalue weighted by atomic mass is 9.82. The van der Waals surface area contributed by atoms with Crippen LogP contribution in [0, 0.1) is 11.3 Å². The summed E-state index contributed by atoms with van der Waals surface area (Å²) in [4.78, 5) is 12.7. The van der Waals surface area contributed by atoms with E-state index in [1.54, 1.807) is 13.0 Å². The van der Waals surface area contributed by atoms with E-state index in [0.717, 1.165) is 0 Å². The van der Waals surface area contributed by atoms with Crippen LogP contribution in [0.2, 0.25) is 0 Å². The smallest absolute Gasteiger partial charge is 0.338 e. The number of carbonyl (C=O) groups is 1. The zero-order valence-corrected chi connectivity index (χ0v) is 16.3. The summed E-state index contributed by atoms with van der Waals surface area (Å²) >= 11 is 0. The molecule has 0 saturated carbocycles. The molecule has 0 fully saturated rings. The summed E-state index contributed by atoms with van der Waals surface area (Å²) in [6, 6.07) is 18.7. The molecule has 0 aromatic heterocycles. The molecule has 3 rings (SSSR count). The molecule has 6 heteroatoms. The second kappa shape index (κ2) is 8.98. The Morgan fingerprint density at radius 2 is 1.86 bits per heavy atom. The highest BCUT2D eigenvalue weighted by atomic mass is 16.5. The molecule has 0 bridgehead atoms. The average molecular weight is 390 g/mol. The summed E-state index contributed by atoms with van der Waals surface area (Å²) in [5, 5.41) is 9.71. The molecule has 1 atom stereocenters. The van der Waals surface area contributed by atoms with Gasteiger partial charge in [-0.15, -0.1) is 0 Å². The molecule has 2 N–H and O–H groups in total. The van der Waals surface area contributed by atoms with Crippen LogP contribution in [0.15, 0.2) is 77.4 Å². The van der Waals surface area contributed by atoms with Gasteiger partial charge in [0.05, 0.1) is 18.1 Å². The molecule has 2 aromatic carbocycles. The molecule has 0 saturated heterocycles. The lowest BCUT2D eigenvalue weighted by Crippen LogP contribution is -2.26. The van der Waals surface area contributed by atoms with Gasteiger partial charge in [0.25, 0.3) is 0 Å². The van der Waals surface area contributed by atoms with Gasteiger partial charge in [-0.1, -0.05) is 37.3 Å². The van der Waals surface area contributed by atoms with E-state index in [9.17, 15) is 10.1 Å².